The third-order valence-electron chi connectivity index (χ3n) is 4.17. The number of nitrogens with zero attached hydrogens (tertiary/aromatic N) is 1. The predicted octanol–water partition coefficient (Wildman–Crippen LogP) is 4.51. The first-order valence-electron chi connectivity index (χ1n) is 9.00. The van der Waals surface area contributed by atoms with Crippen LogP contribution in [0.3, 0.4) is 0 Å². The van der Waals surface area contributed by atoms with Crippen LogP contribution < -0.4 is 9.62 Å². The van der Waals surface area contributed by atoms with Crippen LogP contribution in [-0.2, 0) is 20.6 Å². The Morgan fingerprint density at radius 3 is 2.59 bits per heavy atom. The maximum Gasteiger partial charge on any atom is 0.240 e. The van der Waals surface area contributed by atoms with E-state index in [4.69, 9.17) is 23.2 Å². The van der Waals surface area contributed by atoms with Gasteiger partial charge in [-0.05, 0) is 48.4 Å². The molecular formula is C20H24Cl2N2O3S2. The van der Waals surface area contributed by atoms with E-state index in [2.05, 4.69) is 24.4 Å². The number of hydrogen-bond acceptors (Lipinski definition) is 4. The van der Waals surface area contributed by atoms with Crippen LogP contribution in [0.15, 0.2) is 42.5 Å². The number of benzene rings is 2. The Bertz CT molecular complexity index is 952. The number of rotatable bonds is 10. The molecule has 158 valence electrons. The maximum absolute atomic E-state index is 12.3. The van der Waals surface area contributed by atoms with Gasteiger partial charge in [0.2, 0.25) is 15.9 Å². The quantitative estimate of drug-likeness (QED) is 0.514. The van der Waals surface area contributed by atoms with Gasteiger partial charge in [-0.1, -0.05) is 47.5 Å². The van der Waals surface area contributed by atoms with Crippen molar-refractivity contribution in [1.82, 2.24) is 5.32 Å². The van der Waals surface area contributed by atoms with Crippen molar-refractivity contribution in [2.45, 2.75) is 19.1 Å². The normalized spacial score (nSPS) is 11.3. The lowest BCUT2D eigenvalue weighted by atomic mass is 10.1. The molecule has 0 aliphatic heterocycles. The Morgan fingerprint density at radius 1 is 1.17 bits per heavy atom. The first-order chi connectivity index (χ1) is 13.7. The Labute approximate surface area is 186 Å². The van der Waals surface area contributed by atoms with E-state index < -0.39 is 15.9 Å². The molecule has 2 aromatic carbocycles. The van der Waals surface area contributed by atoms with Crippen LogP contribution in [0.5, 0.6) is 0 Å². The average Bonchev–Trinajstić information content (AvgIpc) is 2.65. The van der Waals surface area contributed by atoms with Gasteiger partial charge in [0.25, 0.3) is 0 Å². The van der Waals surface area contributed by atoms with Crippen molar-refractivity contribution in [1.29, 1.82) is 0 Å². The Balaban J connectivity index is 1.82. The zero-order chi connectivity index (χ0) is 21.4. The van der Waals surface area contributed by atoms with E-state index in [9.17, 15) is 13.2 Å². The summed E-state index contributed by atoms with van der Waals surface area (Å²) in [6.45, 7) is 2.21. The SMILES string of the molecule is Cc1ccccc1CSCCCNC(=O)CN(c1cc(Cl)ccc1Cl)S(C)(=O)=O. The lowest BCUT2D eigenvalue weighted by Crippen LogP contribution is -2.40. The van der Waals surface area contributed by atoms with E-state index >= 15 is 0 Å². The minimum absolute atomic E-state index is 0.186. The van der Waals surface area contributed by atoms with E-state index in [1.54, 1.807) is 17.8 Å². The summed E-state index contributed by atoms with van der Waals surface area (Å²) in [6.07, 6.45) is 1.82. The molecule has 2 aromatic rings. The standard InChI is InChI=1S/C20H24Cl2N2O3S2/c1-15-6-3-4-7-16(15)14-28-11-5-10-23-20(25)13-24(29(2,26)27)19-12-17(21)8-9-18(19)22/h3-4,6-9,12H,5,10-11,13-14H2,1-2H3,(H,23,25). The molecule has 5 nitrogen and oxygen atoms in total. The van der Waals surface area contributed by atoms with Crippen molar-refractivity contribution in [3.8, 4) is 0 Å². The average molecular weight is 475 g/mol. The van der Waals surface area contributed by atoms with E-state index in [-0.39, 0.29) is 17.3 Å². The van der Waals surface area contributed by atoms with Crippen LogP contribution in [0.25, 0.3) is 0 Å². The minimum atomic E-state index is -3.70. The number of nitrogens with one attached hydrogen (secondary N) is 1. The molecule has 0 fully saturated rings. The van der Waals surface area contributed by atoms with Crippen molar-refractivity contribution in [2.24, 2.45) is 0 Å². The maximum atomic E-state index is 12.3. The minimum Gasteiger partial charge on any atom is -0.354 e. The van der Waals surface area contributed by atoms with Crippen molar-refractivity contribution in [3.05, 3.63) is 63.6 Å². The summed E-state index contributed by atoms with van der Waals surface area (Å²) >= 11 is 13.9. The summed E-state index contributed by atoms with van der Waals surface area (Å²) in [5, 5.41) is 3.31. The third-order valence-corrected chi connectivity index (χ3v) is 6.94. The lowest BCUT2D eigenvalue weighted by Gasteiger charge is -2.23. The largest absolute Gasteiger partial charge is 0.354 e. The Kier molecular flexibility index (Phi) is 9.14. The summed E-state index contributed by atoms with van der Waals surface area (Å²) in [7, 11) is -3.70. The van der Waals surface area contributed by atoms with Crippen molar-refractivity contribution >= 4 is 56.6 Å². The van der Waals surface area contributed by atoms with Gasteiger partial charge in [-0.25, -0.2) is 8.42 Å². The van der Waals surface area contributed by atoms with E-state index in [0.717, 1.165) is 28.5 Å². The molecule has 0 spiro atoms. The molecular weight excluding hydrogens is 451 g/mol. The molecule has 1 amide bonds. The number of carbonyl (C=O) groups excluding carboxylic acids is 1. The lowest BCUT2D eigenvalue weighted by molar-refractivity contribution is -0.119. The van der Waals surface area contributed by atoms with Gasteiger partial charge in [-0.15, -0.1) is 0 Å². The number of carbonyl (C=O) groups is 1. The molecule has 0 radical (unpaired) electrons. The highest BCUT2D eigenvalue weighted by Crippen LogP contribution is 2.30. The summed E-state index contributed by atoms with van der Waals surface area (Å²) < 4.78 is 25.3. The fourth-order valence-corrected chi connectivity index (χ4v) is 4.93. The van der Waals surface area contributed by atoms with E-state index in [1.165, 1.54) is 23.3 Å². The smallest absolute Gasteiger partial charge is 0.240 e. The Hall–Kier alpha value is -1.41. The molecule has 2 rings (SSSR count). The molecule has 0 unspecified atom stereocenters. The second kappa shape index (κ2) is 11.1. The van der Waals surface area contributed by atoms with Crippen molar-refractivity contribution in [3.63, 3.8) is 0 Å². The molecule has 1 N–H and O–H groups in total. The number of aryl methyl sites for hydroxylation is 1. The summed E-state index contributed by atoms with van der Waals surface area (Å²) in [6, 6.07) is 12.8. The van der Waals surface area contributed by atoms with Crippen molar-refractivity contribution < 1.29 is 13.2 Å². The van der Waals surface area contributed by atoms with Gasteiger partial charge in [-0.3, -0.25) is 9.10 Å². The fraction of sp³-hybridized carbons (Fsp3) is 0.350. The van der Waals surface area contributed by atoms with Gasteiger partial charge >= 0.3 is 0 Å². The number of anilines is 1. The number of halogens is 2. The fourth-order valence-electron chi connectivity index (χ4n) is 2.60. The van der Waals surface area contributed by atoms with Crippen LogP contribution in [0.2, 0.25) is 10.0 Å². The molecule has 29 heavy (non-hydrogen) atoms. The zero-order valence-corrected chi connectivity index (χ0v) is 19.5. The Morgan fingerprint density at radius 2 is 1.90 bits per heavy atom. The first-order valence-corrected chi connectivity index (χ1v) is 12.8. The summed E-state index contributed by atoms with van der Waals surface area (Å²) in [5.74, 6) is 1.43. The number of sulfonamides is 1. The van der Waals surface area contributed by atoms with Gasteiger partial charge in [-0.2, -0.15) is 11.8 Å². The highest BCUT2D eigenvalue weighted by Gasteiger charge is 2.23. The molecule has 0 aliphatic carbocycles. The van der Waals surface area contributed by atoms with Crippen LogP contribution in [-0.4, -0.2) is 39.4 Å². The molecule has 0 heterocycles. The molecule has 0 bridgehead atoms. The zero-order valence-electron chi connectivity index (χ0n) is 16.3. The predicted molar refractivity (Wildman–Crippen MR) is 124 cm³/mol. The molecule has 0 atom stereocenters. The summed E-state index contributed by atoms with van der Waals surface area (Å²) in [4.78, 5) is 12.3. The second-order valence-electron chi connectivity index (χ2n) is 6.55. The number of hydrogen-bond donors (Lipinski definition) is 1. The van der Waals surface area contributed by atoms with Crippen LogP contribution >= 0.6 is 35.0 Å². The van der Waals surface area contributed by atoms with Crippen molar-refractivity contribution in [2.75, 3.05) is 29.4 Å². The van der Waals surface area contributed by atoms with E-state index in [1.807, 2.05) is 12.1 Å². The highest BCUT2D eigenvalue weighted by molar-refractivity contribution is 7.98. The number of amides is 1. The van der Waals surface area contributed by atoms with Gasteiger partial charge in [0.15, 0.2) is 0 Å². The molecule has 9 heteroatoms. The summed E-state index contributed by atoms with van der Waals surface area (Å²) in [5.41, 5.74) is 2.77. The molecule has 0 saturated heterocycles. The van der Waals surface area contributed by atoms with Gasteiger partial charge < -0.3 is 5.32 Å². The van der Waals surface area contributed by atoms with E-state index in [0.29, 0.717) is 11.6 Å². The van der Waals surface area contributed by atoms with Gasteiger partial charge in [0.1, 0.15) is 6.54 Å². The molecule has 0 aliphatic rings. The van der Waals surface area contributed by atoms with Gasteiger partial charge in [0, 0.05) is 17.3 Å². The molecule has 0 aromatic heterocycles. The van der Waals surface area contributed by atoms with Gasteiger partial charge in [0.05, 0.1) is 17.0 Å². The van der Waals surface area contributed by atoms with Crippen LogP contribution in [0, 0.1) is 6.92 Å². The van der Waals surface area contributed by atoms with Crippen LogP contribution in [0.1, 0.15) is 17.5 Å². The highest BCUT2D eigenvalue weighted by atomic mass is 35.5. The number of thioether (sulfide) groups is 1. The topological polar surface area (TPSA) is 66.5 Å². The first kappa shape index (κ1) is 23.9. The van der Waals surface area contributed by atoms with Crippen LogP contribution in [0.4, 0.5) is 5.69 Å². The monoisotopic (exact) mass is 474 g/mol. The molecule has 0 saturated carbocycles. The third kappa shape index (κ3) is 7.74. The second-order valence-corrected chi connectivity index (χ2v) is 10.4.